The van der Waals surface area contributed by atoms with Crippen LogP contribution >= 0.6 is 7.82 Å². The van der Waals surface area contributed by atoms with Crippen LogP contribution in [-0.4, -0.2) is 49.9 Å². The van der Waals surface area contributed by atoms with Crippen LogP contribution < -0.4 is 5.73 Å². The summed E-state index contributed by atoms with van der Waals surface area (Å²) in [6, 6.07) is 0. The van der Waals surface area contributed by atoms with E-state index >= 15 is 0 Å². The SMILES string of the molecule is CC/C=C\C/C=C\C/C=C\C/C=C\CCCCCCCCCCCCCOCC(COP(=O)(O)OCCN)OC(=O)CCCCCCCCCCCCCCCCCCCC. The standard InChI is InChI=1S/C52H98NO7P/c1-3-5-7-9-11-13-15-17-19-21-23-24-25-26-27-28-30-32-34-36-38-40-42-44-47-57-49-51(50-59-61(55,56)58-48-46-53)60-52(54)45-43-41-39-37-35-33-31-29-22-20-18-16-14-12-10-8-6-4-2/h5,7,11,13,17,19,23-24,51H,3-4,6,8-10,12,14-16,18,20-22,25-50,53H2,1-2H3,(H,55,56)/b7-5-,13-11-,19-17-,24-23-. The van der Waals surface area contributed by atoms with Gasteiger partial charge in [0.25, 0.3) is 0 Å². The fraction of sp³-hybridized carbons (Fsp3) is 0.827. The maximum absolute atomic E-state index is 12.6. The van der Waals surface area contributed by atoms with Gasteiger partial charge in [0.2, 0.25) is 0 Å². The van der Waals surface area contributed by atoms with Crippen LogP contribution in [0.2, 0.25) is 0 Å². The van der Waals surface area contributed by atoms with Crippen LogP contribution in [0.5, 0.6) is 0 Å². The molecule has 8 nitrogen and oxygen atoms in total. The van der Waals surface area contributed by atoms with E-state index < -0.39 is 13.9 Å². The second-order valence-electron chi connectivity index (χ2n) is 17.0. The molecule has 0 saturated carbocycles. The zero-order valence-electron chi connectivity index (χ0n) is 39.9. The Hall–Kier alpha value is -1.54. The zero-order valence-corrected chi connectivity index (χ0v) is 40.8. The highest BCUT2D eigenvalue weighted by Gasteiger charge is 2.25. The molecule has 0 aromatic carbocycles. The molecule has 0 radical (unpaired) electrons. The summed E-state index contributed by atoms with van der Waals surface area (Å²) in [5.41, 5.74) is 5.39. The number of ether oxygens (including phenoxy) is 2. The zero-order chi connectivity index (χ0) is 44.4. The molecule has 0 saturated heterocycles. The highest BCUT2D eigenvalue weighted by atomic mass is 31.2. The molecule has 0 rings (SSSR count). The first kappa shape index (κ1) is 59.5. The van der Waals surface area contributed by atoms with Gasteiger partial charge < -0.3 is 20.1 Å². The predicted octanol–water partition coefficient (Wildman–Crippen LogP) is 15.9. The van der Waals surface area contributed by atoms with Gasteiger partial charge in [-0.3, -0.25) is 13.8 Å². The molecular formula is C52H98NO7P. The summed E-state index contributed by atoms with van der Waals surface area (Å²) in [5.74, 6) is -0.328. The summed E-state index contributed by atoms with van der Waals surface area (Å²) in [7, 11) is -4.28. The van der Waals surface area contributed by atoms with Crippen molar-refractivity contribution in [3.8, 4) is 0 Å². The molecule has 0 fully saturated rings. The van der Waals surface area contributed by atoms with Gasteiger partial charge in [-0.2, -0.15) is 0 Å². The van der Waals surface area contributed by atoms with Gasteiger partial charge in [0.15, 0.2) is 0 Å². The third kappa shape index (κ3) is 49.3. The second kappa shape index (κ2) is 49.5. The Balaban J connectivity index is 3.92. The van der Waals surface area contributed by atoms with E-state index in [1.807, 2.05) is 0 Å². The number of phosphoric acid groups is 1. The number of allylic oxidation sites excluding steroid dienone is 8. The van der Waals surface area contributed by atoms with Crippen LogP contribution in [0.15, 0.2) is 48.6 Å². The first-order chi connectivity index (χ1) is 29.9. The molecule has 0 bridgehead atoms. The van der Waals surface area contributed by atoms with E-state index in [2.05, 4.69) is 62.5 Å². The van der Waals surface area contributed by atoms with Gasteiger partial charge in [-0.05, 0) is 51.4 Å². The van der Waals surface area contributed by atoms with Crippen molar-refractivity contribution >= 4 is 13.8 Å². The summed E-state index contributed by atoms with van der Waals surface area (Å²) < 4.78 is 33.6. The number of carbonyl (C=O) groups is 1. The third-order valence-corrected chi connectivity index (χ3v) is 12.0. The van der Waals surface area contributed by atoms with Crippen molar-refractivity contribution in [3.63, 3.8) is 0 Å². The van der Waals surface area contributed by atoms with Gasteiger partial charge in [-0.15, -0.1) is 0 Å². The molecule has 358 valence electrons. The minimum absolute atomic E-state index is 0.0954. The lowest BCUT2D eigenvalue weighted by atomic mass is 10.0. The van der Waals surface area contributed by atoms with Gasteiger partial charge in [0, 0.05) is 19.6 Å². The van der Waals surface area contributed by atoms with Crippen molar-refractivity contribution in [1.82, 2.24) is 0 Å². The molecule has 61 heavy (non-hydrogen) atoms. The summed E-state index contributed by atoms with van der Waals surface area (Å²) in [5, 5.41) is 0. The first-order valence-corrected chi connectivity index (χ1v) is 27.1. The number of esters is 1. The highest BCUT2D eigenvalue weighted by Crippen LogP contribution is 2.43. The molecule has 0 aromatic heterocycles. The maximum Gasteiger partial charge on any atom is 0.472 e. The molecule has 0 aromatic rings. The van der Waals surface area contributed by atoms with E-state index in [9.17, 15) is 14.3 Å². The molecule has 3 N–H and O–H groups in total. The van der Waals surface area contributed by atoms with Crippen molar-refractivity contribution in [1.29, 1.82) is 0 Å². The summed E-state index contributed by atoms with van der Waals surface area (Å²) in [6.07, 6.45) is 60.0. The van der Waals surface area contributed by atoms with Gasteiger partial charge in [-0.25, -0.2) is 4.57 Å². The number of nitrogens with two attached hydrogens (primary N) is 1. The molecule has 0 spiro atoms. The van der Waals surface area contributed by atoms with Crippen LogP contribution in [0.1, 0.15) is 239 Å². The lowest BCUT2D eigenvalue weighted by Crippen LogP contribution is -2.28. The van der Waals surface area contributed by atoms with Gasteiger partial charge in [0.1, 0.15) is 6.10 Å². The molecule has 0 heterocycles. The largest absolute Gasteiger partial charge is 0.472 e. The molecule has 0 amide bonds. The normalized spacial score (nSPS) is 13.7. The molecule has 9 heteroatoms. The van der Waals surface area contributed by atoms with Crippen molar-refractivity contribution in [2.75, 3.05) is 33.0 Å². The first-order valence-electron chi connectivity index (χ1n) is 25.6. The monoisotopic (exact) mass is 880 g/mol. The Morgan fingerprint density at radius 1 is 0.508 bits per heavy atom. The lowest BCUT2D eigenvalue weighted by Gasteiger charge is -2.20. The Kier molecular flexibility index (Phi) is 48.2. The van der Waals surface area contributed by atoms with E-state index in [-0.39, 0.29) is 32.3 Å². The Labute approximate surface area is 377 Å². The van der Waals surface area contributed by atoms with E-state index in [4.69, 9.17) is 24.3 Å². The number of phosphoric ester groups is 1. The van der Waals surface area contributed by atoms with Crippen molar-refractivity contribution in [2.45, 2.75) is 245 Å². The molecule has 2 atom stereocenters. The van der Waals surface area contributed by atoms with Crippen LogP contribution in [0.3, 0.4) is 0 Å². The van der Waals surface area contributed by atoms with E-state index in [1.165, 1.54) is 161 Å². The van der Waals surface area contributed by atoms with Crippen LogP contribution in [-0.2, 0) is 27.9 Å². The average Bonchev–Trinajstić information content (AvgIpc) is 3.25. The van der Waals surface area contributed by atoms with Crippen molar-refractivity contribution < 1.29 is 32.8 Å². The number of unbranched alkanes of at least 4 members (excludes halogenated alkanes) is 28. The van der Waals surface area contributed by atoms with Crippen molar-refractivity contribution in [3.05, 3.63) is 48.6 Å². The molecule has 0 aliphatic rings. The number of hydrogen-bond acceptors (Lipinski definition) is 7. The van der Waals surface area contributed by atoms with E-state index in [1.54, 1.807) is 0 Å². The molecule has 0 aliphatic carbocycles. The topological polar surface area (TPSA) is 117 Å². The van der Waals surface area contributed by atoms with Crippen LogP contribution in [0.25, 0.3) is 0 Å². The minimum atomic E-state index is -4.28. The van der Waals surface area contributed by atoms with E-state index in [0.29, 0.717) is 13.0 Å². The fourth-order valence-electron chi connectivity index (χ4n) is 7.28. The van der Waals surface area contributed by atoms with Crippen molar-refractivity contribution in [2.24, 2.45) is 5.73 Å². The Bertz CT molecular complexity index is 1080. The smallest absolute Gasteiger partial charge is 0.457 e. The molecular weight excluding hydrogens is 782 g/mol. The number of carbonyl (C=O) groups excluding carboxylic acids is 1. The highest BCUT2D eigenvalue weighted by molar-refractivity contribution is 7.47. The molecule has 0 aliphatic heterocycles. The number of hydrogen-bond donors (Lipinski definition) is 2. The molecule has 2 unspecified atom stereocenters. The Morgan fingerprint density at radius 2 is 0.918 bits per heavy atom. The quantitative estimate of drug-likeness (QED) is 0.0269. The van der Waals surface area contributed by atoms with Gasteiger partial charge in [-0.1, -0.05) is 229 Å². The van der Waals surface area contributed by atoms with Crippen LogP contribution in [0.4, 0.5) is 0 Å². The lowest BCUT2D eigenvalue weighted by molar-refractivity contribution is -0.154. The predicted molar refractivity (Wildman–Crippen MR) is 261 cm³/mol. The third-order valence-electron chi connectivity index (χ3n) is 11.0. The summed E-state index contributed by atoms with van der Waals surface area (Å²) in [6.45, 7) is 4.84. The average molecular weight is 880 g/mol. The van der Waals surface area contributed by atoms with Gasteiger partial charge in [0.05, 0.1) is 19.8 Å². The minimum Gasteiger partial charge on any atom is -0.457 e. The summed E-state index contributed by atoms with van der Waals surface area (Å²) in [4.78, 5) is 22.6. The fourth-order valence-corrected chi connectivity index (χ4v) is 8.05. The summed E-state index contributed by atoms with van der Waals surface area (Å²) >= 11 is 0. The van der Waals surface area contributed by atoms with Crippen LogP contribution in [0, 0.1) is 0 Å². The van der Waals surface area contributed by atoms with Gasteiger partial charge >= 0.3 is 13.8 Å². The number of rotatable bonds is 49. The van der Waals surface area contributed by atoms with E-state index in [0.717, 1.165) is 57.8 Å². The Morgan fingerprint density at radius 3 is 1.38 bits per heavy atom. The second-order valence-corrected chi connectivity index (χ2v) is 18.5. The maximum atomic E-state index is 12.6.